The number of hydrogen-bond donors (Lipinski definition) is 1. The Morgan fingerprint density at radius 1 is 1.13 bits per heavy atom. The van der Waals surface area contributed by atoms with Crippen LogP contribution < -0.4 is 10.1 Å². The van der Waals surface area contributed by atoms with Crippen molar-refractivity contribution in [2.45, 2.75) is 50.0 Å². The predicted molar refractivity (Wildman–Crippen MR) is 119 cm³/mol. The second kappa shape index (κ2) is 9.37. The Balaban J connectivity index is 1.77. The highest BCUT2D eigenvalue weighted by atomic mass is 35.5. The van der Waals surface area contributed by atoms with E-state index in [0.29, 0.717) is 22.0 Å². The quantitative estimate of drug-likeness (QED) is 0.681. The summed E-state index contributed by atoms with van der Waals surface area (Å²) in [5, 5.41) is 3.34. The molecule has 1 N–H and O–H groups in total. The molecule has 1 aliphatic carbocycles. The first-order valence-electron chi connectivity index (χ1n) is 9.97. The molecule has 8 heteroatoms. The van der Waals surface area contributed by atoms with Crippen molar-refractivity contribution in [2.24, 2.45) is 0 Å². The molecule has 0 heterocycles. The number of rotatable bonds is 6. The molecular formula is C22H27ClN2O4S. The first kappa shape index (κ1) is 22.6. The fourth-order valence-corrected chi connectivity index (χ4v) is 5.28. The summed E-state index contributed by atoms with van der Waals surface area (Å²) in [7, 11) is -0.455. The van der Waals surface area contributed by atoms with E-state index in [-0.39, 0.29) is 16.8 Å². The van der Waals surface area contributed by atoms with E-state index < -0.39 is 10.0 Å². The minimum atomic E-state index is -3.59. The number of nitrogens with zero attached hydrogens (tertiary/aromatic N) is 1. The van der Waals surface area contributed by atoms with Gasteiger partial charge in [0.25, 0.3) is 5.91 Å². The van der Waals surface area contributed by atoms with Crippen LogP contribution in [0.1, 0.15) is 48.0 Å². The normalized spacial score (nSPS) is 15.2. The Kier molecular flexibility index (Phi) is 7.06. The van der Waals surface area contributed by atoms with Gasteiger partial charge in [-0.05, 0) is 55.7 Å². The average molecular weight is 451 g/mol. The number of sulfonamides is 1. The third-order valence-electron chi connectivity index (χ3n) is 5.61. The number of aryl methyl sites for hydroxylation is 1. The van der Waals surface area contributed by atoms with Crippen molar-refractivity contribution in [1.29, 1.82) is 0 Å². The smallest absolute Gasteiger partial charge is 0.255 e. The maximum atomic E-state index is 13.0. The van der Waals surface area contributed by atoms with Gasteiger partial charge in [-0.2, -0.15) is 4.31 Å². The highest BCUT2D eigenvalue weighted by molar-refractivity contribution is 7.89. The van der Waals surface area contributed by atoms with E-state index in [9.17, 15) is 13.2 Å². The number of benzene rings is 2. The summed E-state index contributed by atoms with van der Waals surface area (Å²) < 4.78 is 32.7. The third kappa shape index (κ3) is 4.79. The van der Waals surface area contributed by atoms with Crippen LogP contribution in [0.4, 0.5) is 5.69 Å². The highest BCUT2D eigenvalue weighted by Crippen LogP contribution is 2.31. The number of hydrogen-bond acceptors (Lipinski definition) is 4. The molecule has 1 saturated carbocycles. The van der Waals surface area contributed by atoms with Gasteiger partial charge in [0.1, 0.15) is 5.75 Å². The summed E-state index contributed by atoms with van der Waals surface area (Å²) in [5.74, 6) is 0.0897. The lowest BCUT2D eigenvalue weighted by molar-refractivity contribution is 0.102. The zero-order valence-electron chi connectivity index (χ0n) is 17.4. The standard InChI is InChI=1S/C22H27ClN2O4S/c1-15-13-20(21(29-3)14-19(15)23)24-22(26)16-9-11-18(12-10-16)30(27,28)25(2)17-7-5-4-6-8-17/h9-14,17H,4-8H2,1-3H3,(H,24,26). The SMILES string of the molecule is COc1cc(Cl)c(C)cc1NC(=O)c1ccc(S(=O)(=O)N(C)C2CCCCC2)cc1. The number of carbonyl (C=O) groups excluding carboxylic acids is 1. The number of methoxy groups -OCH3 is 1. The number of ether oxygens (including phenoxy) is 1. The molecule has 30 heavy (non-hydrogen) atoms. The van der Waals surface area contributed by atoms with Crippen LogP contribution in [0.15, 0.2) is 41.3 Å². The van der Waals surface area contributed by atoms with Gasteiger partial charge in [-0.3, -0.25) is 4.79 Å². The Morgan fingerprint density at radius 2 is 1.77 bits per heavy atom. The Bertz CT molecular complexity index is 1020. The molecule has 0 saturated heterocycles. The molecule has 2 aromatic rings. The summed E-state index contributed by atoms with van der Waals surface area (Å²) in [6, 6.07) is 9.41. The van der Waals surface area contributed by atoms with Gasteiger partial charge in [0, 0.05) is 29.7 Å². The number of anilines is 1. The number of nitrogens with one attached hydrogen (secondary N) is 1. The molecule has 0 radical (unpaired) electrons. The molecule has 0 aliphatic heterocycles. The van der Waals surface area contributed by atoms with Gasteiger partial charge in [0.15, 0.2) is 0 Å². The number of halogens is 1. The minimum absolute atomic E-state index is 0.0346. The maximum Gasteiger partial charge on any atom is 0.255 e. The van der Waals surface area contributed by atoms with Crippen LogP contribution in [0.5, 0.6) is 5.75 Å². The molecule has 0 aromatic heterocycles. The molecule has 0 unspecified atom stereocenters. The lowest BCUT2D eigenvalue weighted by atomic mass is 9.96. The summed E-state index contributed by atoms with van der Waals surface area (Å²) in [4.78, 5) is 12.8. The molecule has 2 aromatic carbocycles. The third-order valence-corrected chi connectivity index (χ3v) is 7.94. The molecule has 6 nitrogen and oxygen atoms in total. The highest BCUT2D eigenvalue weighted by Gasteiger charge is 2.29. The summed E-state index contributed by atoms with van der Waals surface area (Å²) in [6.07, 6.45) is 5.04. The van der Waals surface area contributed by atoms with Crippen LogP contribution in [-0.2, 0) is 10.0 Å². The molecule has 0 spiro atoms. The Morgan fingerprint density at radius 3 is 2.37 bits per heavy atom. The van der Waals surface area contributed by atoms with E-state index in [1.807, 2.05) is 6.92 Å². The fraction of sp³-hybridized carbons (Fsp3) is 0.409. The lowest BCUT2D eigenvalue weighted by Gasteiger charge is -2.30. The van der Waals surface area contributed by atoms with Crippen LogP contribution >= 0.6 is 11.6 Å². The largest absolute Gasteiger partial charge is 0.495 e. The number of amides is 1. The van der Waals surface area contributed by atoms with Crippen molar-refractivity contribution in [2.75, 3.05) is 19.5 Å². The molecule has 0 atom stereocenters. The van der Waals surface area contributed by atoms with E-state index in [1.54, 1.807) is 19.2 Å². The van der Waals surface area contributed by atoms with Crippen molar-refractivity contribution in [3.63, 3.8) is 0 Å². The summed E-state index contributed by atoms with van der Waals surface area (Å²) >= 11 is 6.11. The van der Waals surface area contributed by atoms with E-state index in [1.165, 1.54) is 35.7 Å². The molecule has 0 bridgehead atoms. The predicted octanol–water partition coefficient (Wildman–Crippen LogP) is 4.86. The van der Waals surface area contributed by atoms with Crippen molar-refractivity contribution < 1.29 is 17.9 Å². The van der Waals surface area contributed by atoms with Crippen LogP contribution in [-0.4, -0.2) is 38.8 Å². The zero-order valence-corrected chi connectivity index (χ0v) is 19.0. The van der Waals surface area contributed by atoms with Gasteiger partial charge >= 0.3 is 0 Å². The van der Waals surface area contributed by atoms with E-state index in [0.717, 1.165) is 37.7 Å². The molecule has 3 rings (SSSR count). The van der Waals surface area contributed by atoms with Crippen molar-refractivity contribution in [3.05, 3.63) is 52.5 Å². The Labute approximate surface area is 183 Å². The fourth-order valence-electron chi connectivity index (χ4n) is 3.71. The topological polar surface area (TPSA) is 75.7 Å². The first-order valence-corrected chi connectivity index (χ1v) is 11.8. The van der Waals surface area contributed by atoms with Crippen LogP contribution in [0, 0.1) is 6.92 Å². The van der Waals surface area contributed by atoms with Gasteiger partial charge in [-0.25, -0.2) is 8.42 Å². The van der Waals surface area contributed by atoms with Crippen molar-refractivity contribution in [1.82, 2.24) is 4.31 Å². The average Bonchev–Trinajstić information content (AvgIpc) is 2.76. The summed E-state index contributed by atoms with van der Waals surface area (Å²) in [6.45, 7) is 1.83. The summed E-state index contributed by atoms with van der Waals surface area (Å²) in [5.41, 5.74) is 1.65. The van der Waals surface area contributed by atoms with Gasteiger partial charge in [-0.1, -0.05) is 30.9 Å². The molecule has 162 valence electrons. The van der Waals surface area contributed by atoms with Crippen molar-refractivity contribution >= 4 is 33.2 Å². The van der Waals surface area contributed by atoms with Gasteiger partial charge in [0.2, 0.25) is 10.0 Å². The molecule has 1 fully saturated rings. The van der Waals surface area contributed by atoms with Crippen LogP contribution in [0.2, 0.25) is 5.02 Å². The van der Waals surface area contributed by atoms with Crippen molar-refractivity contribution in [3.8, 4) is 5.75 Å². The maximum absolute atomic E-state index is 13.0. The minimum Gasteiger partial charge on any atom is -0.495 e. The molecule has 1 aliphatic rings. The monoisotopic (exact) mass is 450 g/mol. The second-order valence-corrected chi connectivity index (χ2v) is 10.00. The van der Waals surface area contributed by atoms with Crippen LogP contribution in [0.3, 0.4) is 0 Å². The number of carbonyl (C=O) groups is 1. The second-order valence-electron chi connectivity index (χ2n) is 7.59. The van der Waals surface area contributed by atoms with Crippen LogP contribution in [0.25, 0.3) is 0 Å². The van der Waals surface area contributed by atoms with E-state index >= 15 is 0 Å². The molecule has 1 amide bonds. The molecular weight excluding hydrogens is 424 g/mol. The van der Waals surface area contributed by atoms with E-state index in [2.05, 4.69) is 5.32 Å². The lowest BCUT2D eigenvalue weighted by Crippen LogP contribution is -2.38. The Hall–Kier alpha value is -2.09. The van der Waals surface area contributed by atoms with Gasteiger partial charge < -0.3 is 10.1 Å². The zero-order chi connectivity index (χ0) is 21.9. The van der Waals surface area contributed by atoms with Gasteiger partial charge in [0.05, 0.1) is 17.7 Å². The first-order chi connectivity index (χ1) is 14.2. The van der Waals surface area contributed by atoms with Gasteiger partial charge in [-0.15, -0.1) is 0 Å². The van der Waals surface area contributed by atoms with E-state index in [4.69, 9.17) is 16.3 Å².